The largest absolute Gasteiger partial charge is 0.497 e. The molecule has 2 fully saturated rings. The standard InChI is InChI=1S/C34H38O13/c1-40-20-12-10-19(11-13-20)34-27(18-8-6-5-7-9-18)26(30(38)42-3)29(37)33(34,39)28-23(41-2)14-21(15-24(28)47-34)45-32-31(43-4)44-17-25(46-32)22(36)16-35/h5-15,22,25-27,29,31-32,35-37,39H,16-17H2,1-4H3/t22-,25+,26+,27+,29+,31-,32-,33-,34-/m0/s1. The Kier molecular flexibility index (Phi) is 9.06. The molecule has 3 aliphatic rings. The Morgan fingerprint density at radius 3 is 2.32 bits per heavy atom. The summed E-state index contributed by atoms with van der Waals surface area (Å²) >= 11 is 0. The predicted molar refractivity (Wildman–Crippen MR) is 162 cm³/mol. The van der Waals surface area contributed by atoms with Gasteiger partial charge >= 0.3 is 5.97 Å². The number of carbonyl (C=O) groups is 1. The van der Waals surface area contributed by atoms with Crippen molar-refractivity contribution in [1.82, 2.24) is 0 Å². The average molecular weight is 655 g/mol. The molecular formula is C34H38O13. The molecule has 1 aliphatic carbocycles. The lowest BCUT2D eigenvalue weighted by atomic mass is 9.70. The number of methoxy groups -OCH3 is 4. The molecule has 13 nitrogen and oxygen atoms in total. The molecule has 4 N–H and O–H groups in total. The summed E-state index contributed by atoms with van der Waals surface area (Å²) in [5, 5.41) is 44.7. The molecule has 3 aromatic carbocycles. The van der Waals surface area contributed by atoms with Gasteiger partial charge in [-0.2, -0.15) is 0 Å². The molecular weight excluding hydrogens is 616 g/mol. The van der Waals surface area contributed by atoms with Crippen LogP contribution in [0.2, 0.25) is 0 Å². The first-order valence-electron chi connectivity index (χ1n) is 15.0. The van der Waals surface area contributed by atoms with E-state index in [9.17, 15) is 25.2 Å². The van der Waals surface area contributed by atoms with Gasteiger partial charge < -0.3 is 58.3 Å². The number of ether oxygens (including phenoxy) is 8. The van der Waals surface area contributed by atoms with Gasteiger partial charge in [0.25, 0.3) is 6.29 Å². The van der Waals surface area contributed by atoms with Gasteiger partial charge in [-0.05, 0) is 23.3 Å². The zero-order chi connectivity index (χ0) is 33.5. The first-order chi connectivity index (χ1) is 22.7. The fourth-order valence-corrected chi connectivity index (χ4v) is 7.11. The van der Waals surface area contributed by atoms with Gasteiger partial charge in [-0.3, -0.25) is 4.79 Å². The molecule has 252 valence electrons. The zero-order valence-electron chi connectivity index (χ0n) is 26.3. The molecule has 1 saturated heterocycles. The van der Waals surface area contributed by atoms with E-state index >= 15 is 0 Å². The molecule has 0 bridgehead atoms. The topological polar surface area (TPSA) is 172 Å². The van der Waals surface area contributed by atoms with Crippen LogP contribution >= 0.6 is 0 Å². The van der Waals surface area contributed by atoms with Crippen molar-refractivity contribution in [2.45, 2.75) is 48.0 Å². The number of fused-ring (bicyclic) bond motifs is 3. The summed E-state index contributed by atoms with van der Waals surface area (Å²) in [6.07, 6.45) is -6.03. The molecule has 0 aromatic heterocycles. The van der Waals surface area contributed by atoms with Crippen LogP contribution in [-0.4, -0.2) is 98.9 Å². The van der Waals surface area contributed by atoms with E-state index in [2.05, 4.69) is 0 Å². The van der Waals surface area contributed by atoms with Crippen LogP contribution in [0.4, 0.5) is 0 Å². The van der Waals surface area contributed by atoms with Gasteiger partial charge in [0.2, 0.25) is 6.29 Å². The number of rotatable bonds is 10. The van der Waals surface area contributed by atoms with Crippen molar-refractivity contribution in [1.29, 1.82) is 0 Å². The van der Waals surface area contributed by atoms with Gasteiger partial charge in [0, 0.05) is 25.2 Å². The van der Waals surface area contributed by atoms with E-state index in [1.807, 2.05) is 6.07 Å². The van der Waals surface area contributed by atoms with E-state index < -0.39 is 66.5 Å². The lowest BCUT2D eigenvalue weighted by molar-refractivity contribution is -0.324. The molecule has 6 rings (SSSR count). The van der Waals surface area contributed by atoms with Crippen LogP contribution in [0.15, 0.2) is 66.7 Å². The second kappa shape index (κ2) is 12.9. The summed E-state index contributed by atoms with van der Waals surface area (Å²) < 4.78 is 46.2. The molecule has 1 saturated carbocycles. The number of hydrogen-bond acceptors (Lipinski definition) is 13. The van der Waals surface area contributed by atoms with Gasteiger partial charge in [0.05, 0.1) is 46.0 Å². The third-order valence-corrected chi connectivity index (χ3v) is 9.25. The van der Waals surface area contributed by atoms with Crippen LogP contribution in [-0.2, 0) is 34.9 Å². The highest BCUT2D eigenvalue weighted by Gasteiger charge is 2.78. The van der Waals surface area contributed by atoms with E-state index in [0.29, 0.717) is 16.9 Å². The zero-order valence-corrected chi connectivity index (χ0v) is 26.3. The first kappa shape index (κ1) is 33.0. The van der Waals surface area contributed by atoms with E-state index in [1.54, 1.807) is 48.5 Å². The van der Waals surface area contributed by atoms with Crippen molar-refractivity contribution in [2.75, 3.05) is 41.7 Å². The minimum Gasteiger partial charge on any atom is -0.497 e. The quantitative estimate of drug-likeness (QED) is 0.233. The van der Waals surface area contributed by atoms with Crippen LogP contribution in [0.5, 0.6) is 23.0 Å². The maximum Gasteiger partial charge on any atom is 0.312 e. The number of carbonyl (C=O) groups excluding carboxylic acids is 1. The van der Waals surface area contributed by atoms with Crippen molar-refractivity contribution in [3.8, 4) is 23.0 Å². The molecule has 2 heterocycles. The summed E-state index contributed by atoms with van der Waals surface area (Å²) in [5.41, 5.74) is -2.88. The SMILES string of the molecule is COC(=O)[C@H]1[C@@H](O)[C@@]2(O)c3c(OC)cc(O[C@H]4O[C@@H]([C@@H](O)CO)CO[C@@H]4OC)cc3O[C@@]2(c2ccc(OC)cc2)[C@@H]1c1ccccc1. The highest BCUT2D eigenvalue weighted by molar-refractivity contribution is 5.78. The maximum absolute atomic E-state index is 13.5. The van der Waals surface area contributed by atoms with E-state index in [4.69, 9.17) is 37.9 Å². The molecule has 3 aromatic rings. The Bertz CT molecular complexity index is 1570. The fraction of sp³-hybridized carbons (Fsp3) is 0.441. The van der Waals surface area contributed by atoms with E-state index in [-0.39, 0.29) is 29.4 Å². The Balaban J connectivity index is 1.52. The third-order valence-electron chi connectivity index (χ3n) is 9.25. The molecule has 0 radical (unpaired) electrons. The van der Waals surface area contributed by atoms with Gasteiger partial charge in [-0.15, -0.1) is 0 Å². The first-order valence-corrected chi connectivity index (χ1v) is 15.0. The van der Waals surface area contributed by atoms with Crippen LogP contribution < -0.4 is 18.9 Å². The summed E-state index contributed by atoms with van der Waals surface area (Å²) in [6.45, 7) is -0.601. The lowest BCUT2D eigenvalue weighted by Gasteiger charge is -2.40. The number of hydrogen-bond donors (Lipinski definition) is 4. The molecule has 9 atom stereocenters. The number of benzene rings is 3. The monoisotopic (exact) mass is 654 g/mol. The number of aliphatic hydroxyl groups is 4. The van der Waals surface area contributed by atoms with Crippen molar-refractivity contribution in [2.24, 2.45) is 5.92 Å². The van der Waals surface area contributed by atoms with Crippen molar-refractivity contribution >= 4 is 5.97 Å². The summed E-state index contributed by atoms with van der Waals surface area (Å²) in [7, 11) is 5.54. The average Bonchev–Trinajstić information content (AvgIpc) is 3.49. The Morgan fingerprint density at radius 1 is 0.979 bits per heavy atom. The number of esters is 1. The summed E-state index contributed by atoms with van der Waals surface area (Å²) in [6, 6.07) is 18.8. The second-order valence-corrected chi connectivity index (χ2v) is 11.6. The maximum atomic E-state index is 13.5. The highest BCUT2D eigenvalue weighted by atomic mass is 16.8. The van der Waals surface area contributed by atoms with Crippen LogP contribution in [0.3, 0.4) is 0 Å². The minimum atomic E-state index is -2.25. The van der Waals surface area contributed by atoms with Crippen LogP contribution in [0.1, 0.15) is 22.6 Å². The smallest absolute Gasteiger partial charge is 0.312 e. The Labute approximate surface area is 271 Å². The van der Waals surface area contributed by atoms with Gasteiger partial charge in [0.15, 0.2) is 11.2 Å². The van der Waals surface area contributed by atoms with Crippen LogP contribution in [0, 0.1) is 5.92 Å². The lowest BCUT2D eigenvalue weighted by Crippen LogP contribution is -2.52. The molecule has 0 unspecified atom stereocenters. The van der Waals surface area contributed by atoms with Gasteiger partial charge in [-0.25, -0.2) is 0 Å². The Hall–Kier alpha value is -3.95. The molecule has 47 heavy (non-hydrogen) atoms. The van der Waals surface area contributed by atoms with Crippen molar-refractivity contribution in [3.05, 3.63) is 83.4 Å². The van der Waals surface area contributed by atoms with Crippen LogP contribution in [0.25, 0.3) is 0 Å². The van der Waals surface area contributed by atoms with Crippen molar-refractivity contribution in [3.63, 3.8) is 0 Å². The van der Waals surface area contributed by atoms with Crippen molar-refractivity contribution < 1.29 is 63.1 Å². The van der Waals surface area contributed by atoms with Gasteiger partial charge in [0.1, 0.15) is 41.3 Å². The van der Waals surface area contributed by atoms with E-state index in [0.717, 1.165) is 0 Å². The molecule has 2 aliphatic heterocycles. The van der Waals surface area contributed by atoms with E-state index in [1.165, 1.54) is 40.6 Å². The highest BCUT2D eigenvalue weighted by Crippen LogP contribution is 2.70. The number of aliphatic hydroxyl groups excluding tert-OH is 3. The molecule has 13 heteroatoms. The normalized spacial score (nSPS) is 31.7. The predicted octanol–water partition coefficient (Wildman–Crippen LogP) is 1.57. The summed E-state index contributed by atoms with van der Waals surface area (Å²) in [4.78, 5) is 13.5. The molecule has 0 amide bonds. The second-order valence-electron chi connectivity index (χ2n) is 11.6. The fourth-order valence-electron chi connectivity index (χ4n) is 7.11. The summed E-state index contributed by atoms with van der Waals surface area (Å²) in [5.74, 6) is -2.05. The van der Waals surface area contributed by atoms with Gasteiger partial charge in [-0.1, -0.05) is 42.5 Å². The Morgan fingerprint density at radius 2 is 1.70 bits per heavy atom. The third kappa shape index (κ3) is 5.10. The minimum absolute atomic E-state index is 0.0474. The molecule has 0 spiro atoms.